The molecule has 0 radical (unpaired) electrons. The number of nitrogens with zero attached hydrogens (tertiary/aromatic N) is 2. The maximum Gasteiger partial charge on any atom is 0.244 e. The predicted octanol–water partition coefficient (Wildman–Crippen LogP) is 1.23. The highest BCUT2D eigenvalue weighted by Crippen LogP contribution is 2.31. The van der Waals surface area contributed by atoms with E-state index in [1.165, 1.54) is 11.8 Å². The van der Waals surface area contributed by atoms with E-state index in [-0.39, 0.29) is 5.91 Å². The van der Waals surface area contributed by atoms with Gasteiger partial charge in [0.1, 0.15) is 12.1 Å². The lowest BCUT2D eigenvalue weighted by Crippen LogP contribution is -2.53. The lowest BCUT2D eigenvalue weighted by Gasteiger charge is -2.36. The highest BCUT2D eigenvalue weighted by molar-refractivity contribution is 7.98. The van der Waals surface area contributed by atoms with E-state index in [4.69, 9.17) is 4.74 Å². The van der Waals surface area contributed by atoms with Crippen LogP contribution in [0.5, 0.6) is 0 Å². The zero-order valence-electron chi connectivity index (χ0n) is 11.5. The summed E-state index contributed by atoms with van der Waals surface area (Å²) in [5, 5.41) is 12.1. The van der Waals surface area contributed by atoms with Gasteiger partial charge < -0.3 is 15.0 Å². The van der Waals surface area contributed by atoms with Crippen LogP contribution in [0.25, 0.3) is 0 Å². The standard InChI is InChI=1S/C14H17N3O2S/c1-16-14(18)12-9-19-7-6-17(12)11-4-3-5-13(20-2)10(11)8-15/h3-5,12H,6-7,9H2,1-2H3,(H,16,18). The first-order chi connectivity index (χ1) is 9.72. The monoisotopic (exact) mass is 291 g/mol. The molecule has 1 heterocycles. The summed E-state index contributed by atoms with van der Waals surface area (Å²) in [5.41, 5.74) is 1.42. The molecule has 0 aliphatic carbocycles. The first kappa shape index (κ1) is 14.7. The van der Waals surface area contributed by atoms with Crippen LogP contribution in [0, 0.1) is 11.3 Å². The maximum absolute atomic E-state index is 12.0. The van der Waals surface area contributed by atoms with Crippen LogP contribution >= 0.6 is 11.8 Å². The number of rotatable bonds is 3. The van der Waals surface area contributed by atoms with Crippen molar-refractivity contribution in [2.45, 2.75) is 10.9 Å². The predicted molar refractivity (Wildman–Crippen MR) is 79.0 cm³/mol. The van der Waals surface area contributed by atoms with Crippen molar-refractivity contribution in [1.29, 1.82) is 5.26 Å². The van der Waals surface area contributed by atoms with E-state index >= 15 is 0 Å². The minimum Gasteiger partial charge on any atom is -0.377 e. The van der Waals surface area contributed by atoms with Gasteiger partial charge in [0.15, 0.2) is 0 Å². The average Bonchev–Trinajstić information content (AvgIpc) is 2.53. The Morgan fingerprint density at radius 2 is 2.40 bits per heavy atom. The van der Waals surface area contributed by atoms with Crippen molar-refractivity contribution in [3.63, 3.8) is 0 Å². The van der Waals surface area contributed by atoms with Crippen LogP contribution in [-0.2, 0) is 9.53 Å². The molecule has 1 N–H and O–H groups in total. The number of hydrogen-bond donors (Lipinski definition) is 1. The van der Waals surface area contributed by atoms with Crippen molar-refractivity contribution in [2.24, 2.45) is 0 Å². The number of nitrogens with one attached hydrogen (secondary N) is 1. The van der Waals surface area contributed by atoms with Crippen molar-refractivity contribution >= 4 is 23.4 Å². The number of morpholine rings is 1. The molecule has 1 aliphatic heterocycles. The molecule has 1 unspecified atom stereocenters. The lowest BCUT2D eigenvalue weighted by atomic mass is 10.1. The molecule has 1 fully saturated rings. The number of benzene rings is 1. The highest BCUT2D eigenvalue weighted by Gasteiger charge is 2.30. The quantitative estimate of drug-likeness (QED) is 0.849. The van der Waals surface area contributed by atoms with E-state index in [0.29, 0.717) is 25.3 Å². The number of nitriles is 1. The fourth-order valence-electron chi connectivity index (χ4n) is 2.32. The summed E-state index contributed by atoms with van der Waals surface area (Å²) in [6, 6.07) is 7.59. The van der Waals surface area contributed by atoms with Gasteiger partial charge in [0.2, 0.25) is 5.91 Å². The Hall–Kier alpha value is -1.71. The van der Waals surface area contributed by atoms with Crippen LogP contribution in [0.15, 0.2) is 23.1 Å². The van der Waals surface area contributed by atoms with Gasteiger partial charge in [-0.2, -0.15) is 5.26 Å². The summed E-state index contributed by atoms with van der Waals surface area (Å²) in [6.07, 6.45) is 1.94. The molecule has 1 aromatic carbocycles. The third-order valence-corrected chi connectivity index (χ3v) is 4.10. The van der Waals surface area contributed by atoms with E-state index in [1.807, 2.05) is 29.4 Å². The van der Waals surface area contributed by atoms with Crippen LogP contribution in [0.1, 0.15) is 5.56 Å². The topological polar surface area (TPSA) is 65.4 Å². The smallest absolute Gasteiger partial charge is 0.244 e. The Morgan fingerprint density at radius 1 is 1.60 bits per heavy atom. The second-order valence-corrected chi connectivity index (χ2v) is 5.21. The van der Waals surface area contributed by atoms with Gasteiger partial charge in [0.05, 0.1) is 24.5 Å². The Labute approximate surface area is 122 Å². The normalized spacial score (nSPS) is 18.4. The fourth-order valence-corrected chi connectivity index (χ4v) is 2.89. The van der Waals surface area contributed by atoms with Gasteiger partial charge in [-0.1, -0.05) is 6.07 Å². The summed E-state index contributed by atoms with van der Waals surface area (Å²) in [4.78, 5) is 14.9. The van der Waals surface area contributed by atoms with Crippen LogP contribution in [0.4, 0.5) is 5.69 Å². The van der Waals surface area contributed by atoms with Crippen LogP contribution < -0.4 is 10.2 Å². The Bertz CT molecular complexity index is 542. The molecule has 6 heteroatoms. The largest absolute Gasteiger partial charge is 0.377 e. The molecule has 0 spiro atoms. The second kappa shape index (κ2) is 6.64. The molecule has 1 atom stereocenters. The molecule has 1 saturated heterocycles. The van der Waals surface area contributed by atoms with Gasteiger partial charge in [0, 0.05) is 18.5 Å². The van der Waals surface area contributed by atoms with Crippen molar-refractivity contribution in [1.82, 2.24) is 5.32 Å². The minimum absolute atomic E-state index is 0.0943. The molecule has 0 aromatic heterocycles. The SMILES string of the molecule is CNC(=O)C1COCCN1c1cccc(SC)c1C#N. The summed E-state index contributed by atoms with van der Waals surface area (Å²) < 4.78 is 5.40. The van der Waals surface area contributed by atoms with Gasteiger partial charge in [-0.05, 0) is 18.4 Å². The Morgan fingerprint density at radius 3 is 3.05 bits per heavy atom. The number of carbonyl (C=O) groups excluding carboxylic acids is 1. The fraction of sp³-hybridized carbons (Fsp3) is 0.429. The summed E-state index contributed by atoms with van der Waals surface area (Å²) >= 11 is 1.53. The lowest BCUT2D eigenvalue weighted by molar-refractivity contribution is -0.124. The van der Waals surface area contributed by atoms with E-state index in [2.05, 4.69) is 11.4 Å². The number of amides is 1. The van der Waals surface area contributed by atoms with Gasteiger partial charge >= 0.3 is 0 Å². The van der Waals surface area contributed by atoms with Gasteiger partial charge in [-0.3, -0.25) is 4.79 Å². The summed E-state index contributed by atoms with van der Waals surface area (Å²) in [5.74, 6) is -0.0943. The molecule has 0 bridgehead atoms. The molecule has 106 valence electrons. The molecule has 1 aromatic rings. The molecule has 5 nitrogen and oxygen atoms in total. The zero-order chi connectivity index (χ0) is 14.5. The zero-order valence-corrected chi connectivity index (χ0v) is 12.4. The number of likely N-dealkylation sites (N-methyl/N-ethyl adjacent to an activating group) is 1. The van der Waals surface area contributed by atoms with Gasteiger partial charge in [-0.25, -0.2) is 0 Å². The van der Waals surface area contributed by atoms with E-state index in [0.717, 1.165) is 10.6 Å². The third kappa shape index (κ3) is 2.74. The number of hydrogen-bond acceptors (Lipinski definition) is 5. The maximum atomic E-state index is 12.0. The van der Waals surface area contributed by atoms with Gasteiger partial charge in [0.25, 0.3) is 0 Å². The highest BCUT2D eigenvalue weighted by atomic mass is 32.2. The molecule has 2 rings (SSSR count). The van der Waals surface area contributed by atoms with E-state index in [9.17, 15) is 10.1 Å². The first-order valence-corrected chi connectivity index (χ1v) is 7.58. The first-order valence-electron chi connectivity index (χ1n) is 6.36. The molecule has 0 saturated carbocycles. The van der Waals surface area contributed by atoms with Gasteiger partial charge in [-0.15, -0.1) is 11.8 Å². The van der Waals surface area contributed by atoms with Crippen LogP contribution in [-0.4, -0.2) is 45.0 Å². The molecular formula is C14H17N3O2S. The van der Waals surface area contributed by atoms with Crippen molar-refractivity contribution in [3.8, 4) is 6.07 Å². The summed E-state index contributed by atoms with van der Waals surface area (Å²) in [7, 11) is 1.61. The molecule has 1 amide bonds. The molecule has 20 heavy (non-hydrogen) atoms. The number of anilines is 1. The van der Waals surface area contributed by atoms with E-state index < -0.39 is 6.04 Å². The minimum atomic E-state index is -0.391. The Kier molecular flexibility index (Phi) is 4.88. The Balaban J connectivity index is 2.43. The molecule has 1 aliphatic rings. The van der Waals surface area contributed by atoms with Crippen molar-refractivity contribution in [2.75, 3.05) is 38.0 Å². The number of ether oxygens (including phenoxy) is 1. The third-order valence-electron chi connectivity index (χ3n) is 3.32. The van der Waals surface area contributed by atoms with Crippen LogP contribution in [0.3, 0.4) is 0 Å². The number of thioether (sulfide) groups is 1. The van der Waals surface area contributed by atoms with Crippen molar-refractivity contribution < 1.29 is 9.53 Å². The average molecular weight is 291 g/mol. The van der Waals surface area contributed by atoms with Crippen molar-refractivity contribution in [3.05, 3.63) is 23.8 Å². The van der Waals surface area contributed by atoms with E-state index in [1.54, 1.807) is 7.05 Å². The van der Waals surface area contributed by atoms with Crippen LogP contribution in [0.2, 0.25) is 0 Å². The molecular weight excluding hydrogens is 274 g/mol. The number of carbonyl (C=O) groups is 1. The summed E-state index contributed by atoms with van der Waals surface area (Å²) in [6.45, 7) is 1.50. The second-order valence-electron chi connectivity index (χ2n) is 4.36.